The van der Waals surface area contributed by atoms with Crippen molar-refractivity contribution in [2.45, 2.75) is 26.9 Å². The molecule has 4 nitrogen and oxygen atoms in total. The number of ether oxygens (including phenoxy) is 1. The minimum absolute atomic E-state index is 0.734. The number of nitrogens with zero attached hydrogens (tertiary/aromatic N) is 2. The third-order valence-corrected chi connectivity index (χ3v) is 2.96. The van der Waals surface area contributed by atoms with Gasteiger partial charge in [-0.15, -0.1) is 0 Å². The number of fused-ring (bicyclic) bond motifs is 1. The lowest BCUT2D eigenvalue weighted by atomic mass is 10.2. The van der Waals surface area contributed by atoms with E-state index in [1.54, 1.807) is 0 Å². The molecule has 0 saturated heterocycles. The maximum Gasteiger partial charge on any atom is 0.140 e. The minimum Gasteiger partial charge on any atom is -0.380 e. The Bertz CT molecular complexity index is 493. The highest BCUT2D eigenvalue weighted by Gasteiger charge is 2.08. The molecule has 0 radical (unpaired) electrons. The van der Waals surface area contributed by atoms with Crippen molar-refractivity contribution in [3.8, 4) is 0 Å². The summed E-state index contributed by atoms with van der Waals surface area (Å²) in [4.78, 5) is 4.47. The molecule has 18 heavy (non-hydrogen) atoms. The lowest BCUT2D eigenvalue weighted by Crippen LogP contribution is -2.11. The molecule has 1 N–H and O–H groups in total. The van der Waals surface area contributed by atoms with E-state index in [-0.39, 0.29) is 0 Å². The molecule has 2 aromatic rings. The lowest BCUT2D eigenvalue weighted by molar-refractivity contribution is 0.140. The van der Waals surface area contributed by atoms with Crippen LogP contribution >= 0.6 is 0 Å². The van der Waals surface area contributed by atoms with E-state index in [1.165, 1.54) is 10.9 Å². The van der Waals surface area contributed by atoms with E-state index in [1.807, 2.05) is 19.2 Å². The van der Waals surface area contributed by atoms with Crippen molar-refractivity contribution < 1.29 is 4.74 Å². The van der Waals surface area contributed by atoms with E-state index in [4.69, 9.17) is 4.74 Å². The summed E-state index contributed by atoms with van der Waals surface area (Å²) in [5.74, 6) is 0. The van der Waals surface area contributed by atoms with Crippen LogP contribution in [-0.4, -0.2) is 29.3 Å². The Hall–Kier alpha value is -1.39. The van der Waals surface area contributed by atoms with Crippen molar-refractivity contribution in [2.24, 2.45) is 0 Å². The zero-order chi connectivity index (χ0) is 12.8. The molecular formula is C14H21N3O. The first-order valence-electron chi connectivity index (χ1n) is 6.58. The zero-order valence-corrected chi connectivity index (χ0v) is 11.1. The second kappa shape index (κ2) is 6.52. The number of rotatable bonds is 7. The maximum atomic E-state index is 5.41. The maximum absolute atomic E-state index is 5.41. The van der Waals surface area contributed by atoms with E-state index < -0.39 is 0 Å². The standard InChI is InChI=1S/C14H21N3O/c1-3-15-10-12-11-17(8-9-18-4-2)14-13(12)6-5-7-16-14/h5-7,11,15H,3-4,8-10H2,1-2H3. The Balaban J connectivity index is 2.23. The van der Waals surface area contributed by atoms with Crippen molar-refractivity contribution in [1.82, 2.24) is 14.9 Å². The third-order valence-electron chi connectivity index (χ3n) is 2.96. The Morgan fingerprint density at radius 2 is 2.28 bits per heavy atom. The van der Waals surface area contributed by atoms with Gasteiger partial charge in [-0.1, -0.05) is 6.92 Å². The predicted molar refractivity (Wildman–Crippen MR) is 73.6 cm³/mol. The van der Waals surface area contributed by atoms with Crippen LogP contribution in [0.5, 0.6) is 0 Å². The normalized spacial score (nSPS) is 11.2. The van der Waals surface area contributed by atoms with Crippen LogP contribution in [0.15, 0.2) is 24.5 Å². The number of hydrogen-bond acceptors (Lipinski definition) is 3. The first kappa shape index (κ1) is 13.1. The summed E-state index contributed by atoms with van der Waals surface area (Å²) in [6, 6.07) is 4.12. The highest BCUT2D eigenvalue weighted by atomic mass is 16.5. The van der Waals surface area contributed by atoms with Crippen LogP contribution in [0.2, 0.25) is 0 Å². The molecule has 0 unspecified atom stereocenters. The molecule has 0 bridgehead atoms. The van der Waals surface area contributed by atoms with Gasteiger partial charge < -0.3 is 14.6 Å². The predicted octanol–water partition coefficient (Wildman–Crippen LogP) is 2.18. The van der Waals surface area contributed by atoms with Crippen LogP contribution in [0.1, 0.15) is 19.4 Å². The van der Waals surface area contributed by atoms with Gasteiger partial charge in [0.05, 0.1) is 6.61 Å². The van der Waals surface area contributed by atoms with E-state index in [2.05, 4.69) is 34.1 Å². The van der Waals surface area contributed by atoms with Gasteiger partial charge in [-0.3, -0.25) is 0 Å². The summed E-state index contributed by atoms with van der Waals surface area (Å²) >= 11 is 0. The molecule has 4 heteroatoms. The van der Waals surface area contributed by atoms with Crippen molar-refractivity contribution in [2.75, 3.05) is 19.8 Å². The summed E-state index contributed by atoms with van der Waals surface area (Å²) in [5, 5.41) is 4.60. The average Bonchev–Trinajstić information content (AvgIpc) is 2.76. The molecule has 2 rings (SSSR count). The second-order valence-corrected chi connectivity index (χ2v) is 4.20. The van der Waals surface area contributed by atoms with Gasteiger partial charge >= 0.3 is 0 Å². The van der Waals surface area contributed by atoms with Gasteiger partial charge in [0, 0.05) is 37.5 Å². The van der Waals surface area contributed by atoms with Gasteiger partial charge in [-0.05, 0) is 31.2 Å². The molecular weight excluding hydrogens is 226 g/mol. The van der Waals surface area contributed by atoms with Crippen LogP contribution in [0.3, 0.4) is 0 Å². The molecule has 0 aliphatic rings. The molecule has 0 aliphatic heterocycles. The monoisotopic (exact) mass is 247 g/mol. The number of hydrogen-bond donors (Lipinski definition) is 1. The fourth-order valence-electron chi connectivity index (χ4n) is 2.07. The topological polar surface area (TPSA) is 39.1 Å². The summed E-state index contributed by atoms with van der Waals surface area (Å²) in [7, 11) is 0. The molecule has 98 valence electrons. The van der Waals surface area contributed by atoms with Crippen LogP contribution in [0.4, 0.5) is 0 Å². The fraction of sp³-hybridized carbons (Fsp3) is 0.500. The van der Waals surface area contributed by atoms with Crippen LogP contribution in [0.25, 0.3) is 11.0 Å². The molecule has 0 atom stereocenters. The van der Waals surface area contributed by atoms with E-state index in [0.717, 1.165) is 38.5 Å². The quantitative estimate of drug-likeness (QED) is 0.762. The van der Waals surface area contributed by atoms with E-state index >= 15 is 0 Å². The Kier molecular flexibility index (Phi) is 4.73. The zero-order valence-electron chi connectivity index (χ0n) is 11.1. The van der Waals surface area contributed by atoms with Gasteiger partial charge in [0.2, 0.25) is 0 Å². The minimum atomic E-state index is 0.734. The van der Waals surface area contributed by atoms with Crippen molar-refractivity contribution in [3.63, 3.8) is 0 Å². The number of pyridine rings is 1. The van der Waals surface area contributed by atoms with Crippen LogP contribution in [0, 0.1) is 0 Å². The molecule has 0 spiro atoms. The SMILES string of the molecule is CCNCc1cn(CCOCC)c2ncccc12. The molecule has 2 aromatic heterocycles. The molecule has 0 amide bonds. The van der Waals surface area contributed by atoms with Gasteiger partial charge in [-0.25, -0.2) is 4.98 Å². The molecule has 2 heterocycles. The summed E-state index contributed by atoms with van der Waals surface area (Å²) in [6.45, 7) is 8.35. The summed E-state index contributed by atoms with van der Waals surface area (Å²) < 4.78 is 7.59. The lowest BCUT2D eigenvalue weighted by Gasteiger charge is -2.04. The van der Waals surface area contributed by atoms with Crippen LogP contribution in [-0.2, 0) is 17.8 Å². The van der Waals surface area contributed by atoms with Crippen molar-refractivity contribution in [3.05, 3.63) is 30.1 Å². The average molecular weight is 247 g/mol. The summed E-state index contributed by atoms with van der Waals surface area (Å²) in [5.41, 5.74) is 2.35. The Labute approximate surface area is 108 Å². The van der Waals surface area contributed by atoms with Gasteiger partial charge in [0.25, 0.3) is 0 Å². The molecule has 0 fully saturated rings. The van der Waals surface area contributed by atoms with Crippen molar-refractivity contribution >= 4 is 11.0 Å². The first-order valence-corrected chi connectivity index (χ1v) is 6.58. The molecule has 0 saturated carbocycles. The van der Waals surface area contributed by atoms with Gasteiger partial charge in [-0.2, -0.15) is 0 Å². The third kappa shape index (κ3) is 2.89. The smallest absolute Gasteiger partial charge is 0.140 e. The highest BCUT2D eigenvalue weighted by Crippen LogP contribution is 2.19. The number of aromatic nitrogens is 2. The van der Waals surface area contributed by atoms with E-state index in [0.29, 0.717) is 0 Å². The van der Waals surface area contributed by atoms with E-state index in [9.17, 15) is 0 Å². The molecule has 0 aromatic carbocycles. The largest absolute Gasteiger partial charge is 0.380 e. The highest BCUT2D eigenvalue weighted by molar-refractivity contribution is 5.80. The molecule has 0 aliphatic carbocycles. The first-order chi connectivity index (χ1) is 8.86. The van der Waals surface area contributed by atoms with Gasteiger partial charge in [0.15, 0.2) is 0 Å². The number of nitrogens with one attached hydrogen (secondary N) is 1. The Morgan fingerprint density at radius 3 is 3.06 bits per heavy atom. The van der Waals surface area contributed by atoms with Gasteiger partial charge in [0.1, 0.15) is 5.65 Å². The Morgan fingerprint density at radius 1 is 1.39 bits per heavy atom. The van der Waals surface area contributed by atoms with Crippen LogP contribution < -0.4 is 5.32 Å². The second-order valence-electron chi connectivity index (χ2n) is 4.20. The van der Waals surface area contributed by atoms with Crippen molar-refractivity contribution in [1.29, 1.82) is 0 Å². The summed E-state index contributed by atoms with van der Waals surface area (Å²) in [6.07, 6.45) is 4.02. The fourth-order valence-corrected chi connectivity index (χ4v) is 2.07.